The Kier molecular flexibility index (Phi) is 6.91. The summed E-state index contributed by atoms with van der Waals surface area (Å²) in [6.45, 7) is 3.76. The molecule has 0 radical (unpaired) electrons. The van der Waals surface area contributed by atoms with Crippen LogP contribution in [-0.2, 0) is 14.3 Å². The van der Waals surface area contributed by atoms with Gasteiger partial charge in [-0.2, -0.15) is 0 Å². The second kappa shape index (κ2) is 9.87. The predicted molar refractivity (Wildman–Crippen MR) is 128 cm³/mol. The van der Waals surface area contributed by atoms with Crippen molar-refractivity contribution in [2.75, 3.05) is 6.61 Å². The molecule has 4 rings (SSSR count). The minimum Gasteiger partial charge on any atom is -0.480 e. The molecule has 2 aliphatic carbocycles. The number of rotatable bonds is 7. The SMILES string of the molecule is CC[C@@H](NC(=O)C1CCCCC1(C)NC(=O)OCC1c2ccccc2-c2ccccc21)C(=O)O. The van der Waals surface area contributed by atoms with Crippen molar-refractivity contribution in [3.8, 4) is 11.1 Å². The highest BCUT2D eigenvalue weighted by Crippen LogP contribution is 2.44. The van der Waals surface area contributed by atoms with E-state index in [1.807, 2.05) is 31.2 Å². The van der Waals surface area contributed by atoms with Crippen molar-refractivity contribution >= 4 is 18.0 Å². The number of nitrogens with one attached hydrogen (secondary N) is 2. The summed E-state index contributed by atoms with van der Waals surface area (Å²) >= 11 is 0. The number of benzene rings is 2. The number of hydrogen-bond acceptors (Lipinski definition) is 4. The van der Waals surface area contributed by atoms with Gasteiger partial charge in [-0.05, 0) is 48.4 Å². The van der Waals surface area contributed by atoms with E-state index in [0.717, 1.165) is 35.1 Å². The number of alkyl carbamates (subject to hydrolysis) is 1. The van der Waals surface area contributed by atoms with E-state index in [-0.39, 0.29) is 18.4 Å². The Labute approximate surface area is 199 Å². The normalized spacial score (nSPS) is 22.2. The van der Waals surface area contributed by atoms with E-state index in [0.29, 0.717) is 19.3 Å². The molecule has 2 aromatic rings. The Morgan fingerprint density at radius 3 is 2.26 bits per heavy atom. The van der Waals surface area contributed by atoms with E-state index in [1.165, 1.54) is 0 Å². The number of carbonyl (C=O) groups excluding carboxylic acids is 2. The van der Waals surface area contributed by atoms with Crippen LogP contribution in [0.25, 0.3) is 11.1 Å². The summed E-state index contributed by atoms with van der Waals surface area (Å²) in [5.74, 6) is -1.96. The largest absolute Gasteiger partial charge is 0.480 e. The number of aliphatic carboxylic acids is 1. The van der Waals surface area contributed by atoms with E-state index in [4.69, 9.17) is 4.74 Å². The molecular weight excluding hydrogens is 432 g/mol. The maximum absolute atomic E-state index is 12.9. The van der Waals surface area contributed by atoms with Gasteiger partial charge in [0.15, 0.2) is 0 Å². The van der Waals surface area contributed by atoms with Crippen LogP contribution in [0.3, 0.4) is 0 Å². The Hall–Kier alpha value is -3.35. The third-order valence-corrected chi connectivity index (χ3v) is 7.28. The summed E-state index contributed by atoms with van der Waals surface area (Å²) in [5, 5.41) is 14.9. The van der Waals surface area contributed by atoms with Gasteiger partial charge in [0.1, 0.15) is 12.6 Å². The summed E-state index contributed by atoms with van der Waals surface area (Å²) < 4.78 is 5.70. The molecule has 0 spiro atoms. The fraction of sp³-hybridized carbons (Fsp3) is 0.444. The van der Waals surface area contributed by atoms with Crippen LogP contribution in [0.15, 0.2) is 48.5 Å². The second-order valence-electron chi connectivity index (χ2n) is 9.47. The molecule has 34 heavy (non-hydrogen) atoms. The molecule has 2 aliphatic rings. The number of amides is 2. The van der Waals surface area contributed by atoms with Crippen LogP contribution < -0.4 is 10.6 Å². The number of carboxylic acids is 1. The maximum Gasteiger partial charge on any atom is 0.407 e. The quantitative estimate of drug-likeness (QED) is 0.561. The topological polar surface area (TPSA) is 105 Å². The van der Waals surface area contributed by atoms with Crippen molar-refractivity contribution in [3.63, 3.8) is 0 Å². The van der Waals surface area contributed by atoms with Gasteiger partial charge in [0.2, 0.25) is 5.91 Å². The van der Waals surface area contributed by atoms with Gasteiger partial charge < -0.3 is 20.5 Å². The lowest BCUT2D eigenvalue weighted by molar-refractivity contribution is -0.143. The lowest BCUT2D eigenvalue weighted by atomic mass is 9.73. The van der Waals surface area contributed by atoms with E-state index in [1.54, 1.807) is 6.92 Å². The Morgan fingerprint density at radius 2 is 1.68 bits per heavy atom. The predicted octanol–water partition coefficient (Wildman–Crippen LogP) is 4.45. The Balaban J connectivity index is 1.43. The minimum absolute atomic E-state index is 0.0442. The Morgan fingerprint density at radius 1 is 1.06 bits per heavy atom. The molecule has 7 nitrogen and oxygen atoms in total. The summed E-state index contributed by atoms with van der Waals surface area (Å²) in [6, 6.07) is 15.4. The Bertz CT molecular complexity index is 1040. The van der Waals surface area contributed by atoms with Gasteiger partial charge in [-0.25, -0.2) is 9.59 Å². The molecule has 2 aromatic carbocycles. The summed E-state index contributed by atoms with van der Waals surface area (Å²) in [6.07, 6.45) is 2.67. The maximum atomic E-state index is 12.9. The fourth-order valence-corrected chi connectivity index (χ4v) is 5.38. The highest BCUT2D eigenvalue weighted by molar-refractivity contribution is 5.86. The van der Waals surface area contributed by atoms with Crippen LogP contribution in [0.1, 0.15) is 63.0 Å². The monoisotopic (exact) mass is 464 g/mol. The molecule has 2 amide bonds. The number of carboxylic acid groups (broad SMARTS) is 1. The molecular formula is C27H32N2O5. The summed E-state index contributed by atoms with van der Waals surface area (Å²) in [5.41, 5.74) is 3.79. The van der Waals surface area contributed by atoms with Crippen LogP contribution in [0.2, 0.25) is 0 Å². The van der Waals surface area contributed by atoms with Gasteiger partial charge in [0, 0.05) is 5.92 Å². The minimum atomic E-state index is -1.06. The van der Waals surface area contributed by atoms with Crippen LogP contribution in [0.4, 0.5) is 4.79 Å². The number of carbonyl (C=O) groups is 3. The summed E-state index contributed by atoms with van der Waals surface area (Å²) in [7, 11) is 0. The first-order chi connectivity index (χ1) is 16.3. The van der Waals surface area contributed by atoms with Crippen molar-refractivity contribution in [1.29, 1.82) is 0 Å². The number of hydrogen-bond donors (Lipinski definition) is 3. The zero-order chi connectivity index (χ0) is 24.3. The molecule has 3 atom stereocenters. The van der Waals surface area contributed by atoms with Gasteiger partial charge in [-0.3, -0.25) is 4.79 Å². The van der Waals surface area contributed by atoms with Crippen molar-refractivity contribution < 1.29 is 24.2 Å². The van der Waals surface area contributed by atoms with Crippen LogP contribution >= 0.6 is 0 Å². The third kappa shape index (κ3) is 4.65. The van der Waals surface area contributed by atoms with Gasteiger partial charge >= 0.3 is 12.1 Å². The van der Waals surface area contributed by atoms with Crippen LogP contribution in [0, 0.1) is 5.92 Å². The van der Waals surface area contributed by atoms with Crippen molar-refractivity contribution in [1.82, 2.24) is 10.6 Å². The smallest absolute Gasteiger partial charge is 0.407 e. The average Bonchev–Trinajstić information content (AvgIpc) is 3.14. The molecule has 1 fully saturated rings. The van der Waals surface area contributed by atoms with E-state index in [9.17, 15) is 19.5 Å². The number of ether oxygens (including phenoxy) is 1. The third-order valence-electron chi connectivity index (χ3n) is 7.28. The lowest BCUT2D eigenvalue weighted by Gasteiger charge is -2.41. The lowest BCUT2D eigenvalue weighted by Crippen LogP contribution is -2.59. The first kappa shape index (κ1) is 23.8. The molecule has 2 unspecified atom stereocenters. The standard InChI is InChI=1S/C27H32N2O5/c1-3-23(25(31)32)28-24(30)22-14-8-9-15-27(22,2)29-26(33)34-16-21-19-12-6-4-10-17(19)18-11-5-7-13-20(18)21/h4-7,10-13,21-23H,3,8-9,14-16H2,1-2H3,(H,28,30)(H,29,33)(H,31,32)/t22?,23-,27?/m1/s1. The molecule has 0 saturated heterocycles. The molecule has 180 valence electrons. The molecule has 0 heterocycles. The zero-order valence-electron chi connectivity index (χ0n) is 19.7. The molecule has 7 heteroatoms. The average molecular weight is 465 g/mol. The van der Waals surface area contributed by atoms with Crippen LogP contribution in [0.5, 0.6) is 0 Å². The van der Waals surface area contributed by atoms with Crippen molar-refractivity contribution in [3.05, 3.63) is 59.7 Å². The number of fused-ring (bicyclic) bond motifs is 3. The molecule has 0 aromatic heterocycles. The van der Waals surface area contributed by atoms with E-state index in [2.05, 4.69) is 34.9 Å². The van der Waals surface area contributed by atoms with Crippen molar-refractivity contribution in [2.24, 2.45) is 5.92 Å². The first-order valence-electron chi connectivity index (χ1n) is 12.0. The van der Waals surface area contributed by atoms with Gasteiger partial charge in [-0.15, -0.1) is 0 Å². The van der Waals surface area contributed by atoms with E-state index < -0.39 is 29.6 Å². The summed E-state index contributed by atoms with van der Waals surface area (Å²) in [4.78, 5) is 37.2. The van der Waals surface area contributed by atoms with Gasteiger partial charge in [0.05, 0.1) is 11.5 Å². The first-order valence-corrected chi connectivity index (χ1v) is 12.0. The molecule has 0 bridgehead atoms. The van der Waals surface area contributed by atoms with Gasteiger partial charge in [-0.1, -0.05) is 68.3 Å². The molecule has 3 N–H and O–H groups in total. The molecule has 0 aliphatic heterocycles. The highest BCUT2D eigenvalue weighted by atomic mass is 16.5. The second-order valence-corrected chi connectivity index (χ2v) is 9.47. The molecule has 1 saturated carbocycles. The van der Waals surface area contributed by atoms with Gasteiger partial charge in [0.25, 0.3) is 0 Å². The van der Waals surface area contributed by atoms with Crippen LogP contribution in [-0.4, -0.2) is 41.3 Å². The fourth-order valence-electron chi connectivity index (χ4n) is 5.38. The highest BCUT2D eigenvalue weighted by Gasteiger charge is 2.43. The zero-order valence-corrected chi connectivity index (χ0v) is 19.7. The van der Waals surface area contributed by atoms with E-state index >= 15 is 0 Å². The van der Waals surface area contributed by atoms with Crippen molar-refractivity contribution in [2.45, 2.75) is 63.5 Å².